The smallest absolute Gasteiger partial charge is 0.133 e. The van der Waals surface area contributed by atoms with Crippen LogP contribution in [0.15, 0.2) is 72.8 Å². The molecule has 0 radical (unpaired) electrons. The van der Waals surface area contributed by atoms with E-state index in [0.29, 0.717) is 12.1 Å². The quantitative estimate of drug-likeness (QED) is 0.665. The normalized spacial score (nSPS) is 10.5. The Morgan fingerprint density at radius 1 is 0.783 bits per heavy atom. The van der Waals surface area contributed by atoms with Crippen LogP contribution < -0.4 is 10.9 Å². The van der Waals surface area contributed by atoms with Gasteiger partial charge >= 0.3 is 0 Å². The van der Waals surface area contributed by atoms with E-state index in [1.54, 1.807) is 0 Å². The van der Waals surface area contributed by atoms with E-state index in [9.17, 15) is 8.78 Å². The van der Waals surface area contributed by atoms with Crippen LogP contribution in [0.3, 0.4) is 0 Å². The zero-order valence-electron chi connectivity index (χ0n) is 12.4. The Morgan fingerprint density at radius 2 is 1.52 bits per heavy atom. The highest BCUT2D eigenvalue weighted by molar-refractivity contribution is 5.64. The second kappa shape index (κ2) is 7.03. The number of halogens is 2. The molecule has 3 aromatic carbocycles. The van der Waals surface area contributed by atoms with Gasteiger partial charge in [-0.2, -0.15) is 0 Å². The van der Waals surface area contributed by atoms with Crippen LogP contribution in [0.5, 0.6) is 0 Å². The maximum Gasteiger partial charge on any atom is 0.133 e. The van der Waals surface area contributed by atoms with E-state index >= 15 is 0 Å². The Kier molecular flexibility index (Phi) is 4.64. The monoisotopic (exact) mass is 310 g/mol. The average Bonchev–Trinajstić information content (AvgIpc) is 2.57. The number of hydrogen-bond acceptors (Lipinski definition) is 2. The van der Waals surface area contributed by atoms with Crippen LogP contribution >= 0.6 is 0 Å². The summed E-state index contributed by atoms with van der Waals surface area (Å²) in [7, 11) is 0. The minimum absolute atomic E-state index is 0.397. The molecule has 23 heavy (non-hydrogen) atoms. The molecule has 0 amide bonds. The highest BCUT2D eigenvalue weighted by Gasteiger charge is 2.06. The molecule has 0 saturated heterocycles. The molecule has 0 aliphatic carbocycles. The standard InChI is InChI=1S/C19H16F2N2/c20-16-10-11-18(19(21)12-16)15-8-6-14(7-9-15)13-22-23-17-4-2-1-3-5-17/h1-12,22-23H,13H2. The van der Waals surface area contributed by atoms with Crippen molar-refractivity contribution in [1.29, 1.82) is 0 Å². The van der Waals surface area contributed by atoms with Gasteiger partial charge in [0.25, 0.3) is 0 Å². The number of nitrogens with one attached hydrogen (secondary N) is 2. The van der Waals surface area contributed by atoms with Gasteiger partial charge in [-0.3, -0.25) is 0 Å². The van der Waals surface area contributed by atoms with Crippen molar-refractivity contribution in [3.63, 3.8) is 0 Å². The molecule has 3 aromatic rings. The van der Waals surface area contributed by atoms with E-state index in [1.165, 1.54) is 12.1 Å². The lowest BCUT2D eigenvalue weighted by Crippen LogP contribution is -2.20. The van der Waals surface area contributed by atoms with E-state index in [4.69, 9.17) is 0 Å². The Morgan fingerprint density at radius 3 is 2.22 bits per heavy atom. The lowest BCUT2D eigenvalue weighted by Gasteiger charge is -2.09. The van der Waals surface area contributed by atoms with Crippen LogP contribution in [0.4, 0.5) is 14.5 Å². The lowest BCUT2D eigenvalue weighted by molar-refractivity contribution is 0.585. The molecule has 4 heteroatoms. The topological polar surface area (TPSA) is 24.1 Å². The van der Waals surface area contributed by atoms with Crippen LogP contribution in [0.2, 0.25) is 0 Å². The minimum atomic E-state index is -0.570. The first-order valence-corrected chi connectivity index (χ1v) is 7.31. The summed E-state index contributed by atoms with van der Waals surface area (Å²) in [6.07, 6.45) is 0. The summed E-state index contributed by atoms with van der Waals surface area (Å²) in [6, 6.07) is 20.9. The van der Waals surface area contributed by atoms with E-state index in [0.717, 1.165) is 22.9 Å². The molecule has 0 aromatic heterocycles. The molecule has 0 bridgehead atoms. The molecule has 0 heterocycles. The lowest BCUT2D eigenvalue weighted by atomic mass is 10.0. The van der Waals surface area contributed by atoms with Crippen molar-refractivity contribution in [2.45, 2.75) is 6.54 Å². The van der Waals surface area contributed by atoms with Gasteiger partial charge in [-0.1, -0.05) is 42.5 Å². The maximum atomic E-state index is 13.8. The second-order valence-corrected chi connectivity index (χ2v) is 5.17. The predicted molar refractivity (Wildman–Crippen MR) is 88.7 cm³/mol. The molecule has 0 unspecified atom stereocenters. The molecule has 2 nitrogen and oxygen atoms in total. The van der Waals surface area contributed by atoms with Crippen LogP contribution in [0.1, 0.15) is 5.56 Å². The summed E-state index contributed by atoms with van der Waals surface area (Å²) in [5.74, 6) is -1.12. The molecule has 0 aliphatic rings. The Labute approximate surface area is 133 Å². The molecule has 2 N–H and O–H groups in total. The number of para-hydroxylation sites is 1. The summed E-state index contributed by atoms with van der Waals surface area (Å²) in [5.41, 5.74) is 9.39. The van der Waals surface area contributed by atoms with Gasteiger partial charge < -0.3 is 5.43 Å². The van der Waals surface area contributed by atoms with Gasteiger partial charge in [0.15, 0.2) is 0 Å². The largest absolute Gasteiger partial charge is 0.321 e. The number of hydrogen-bond donors (Lipinski definition) is 2. The second-order valence-electron chi connectivity index (χ2n) is 5.17. The first kappa shape index (κ1) is 15.2. The van der Waals surface area contributed by atoms with Crippen molar-refractivity contribution in [2.75, 3.05) is 5.43 Å². The highest BCUT2D eigenvalue weighted by Crippen LogP contribution is 2.23. The fraction of sp³-hybridized carbons (Fsp3) is 0.0526. The Balaban J connectivity index is 1.63. The van der Waals surface area contributed by atoms with Crippen molar-refractivity contribution in [3.8, 4) is 11.1 Å². The number of hydrazine groups is 1. The summed E-state index contributed by atoms with van der Waals surface area (Å²) < 4.78 is 26.7. The van der Waals surface area contributed by atoms with Gasteiger partial charge in [0, 0.05) is 23.9 Å². The van der Waals surface area contributed by atoms with Gasteiger partial charge in [-0.05, 0) is 35.4 Å². The molecule has 0 fully saturated rings. The van der Waals surface area contributed by atoms with Crippen LogP contribution in [-0.4, -0.2) is 0 Å². The minimum Gasteiger partial charge on any atom is -0.321 e. The van der Waals surface area contributed by atoms with E-state index in [1.807, 2.05) is 54.6 Å². The maximum absolute atomic E-state index is 13.8. The molecule has 0 aliphatic heterocycles. The molecule has 116 valence electrons. The first-order chi connectivity index (χ1) is 11.2. The fourth-order valence-electron chi connectivity index (χ4n) is 2.30. The first-order valence-electron chi connectivity index (χ1n) is 7.31. The van der Waals surface area contributed by atoms with Crippen LogP contribution in [0.25, 0.3) is 11.1 Å². The third kappa shape index (κ3) is 3.93. The summed E-state index contributed by atoms with van der Waals surface area (Å²) >= 11 is 0. The van der Waals surface area contributed by atoms with Crippen LogP contribution in [-0.2, 0) is 6.54 Å². The average molecular weight is 310 g/mol. The molecular formula is C19H16F2N2. The van der Waals surface area contributed by atoms with Crippen molar-refractivity contribution in [2.24, 2.45) is 0 Å². The Hall–Kier alpha value is -2.72. The number of anilines is 1. The molecular weight excluding hydrogens is 294 g/mol. The predicted octanol–water partition coefficient (Wildman–Crippen LogP) is 4.75. The van der Waals surface area contributed by atoms with Gasteiger partial charge in [-0.15, -0.1) is 0 Å². The third-order valence-electron chi connectivity index (χ3n) is 3.50. The summed E-state index contributed by atoms with van der Waals surface area (Å²) in [6.45, 7) is 0.626. The fourth-order valence-corrected chi connectivity index (χ4v) is 2.30. The Bertz CT molecular complexity index is 771. The molecule has 3 rings (SSSR count). The molecule has 0 atom stereocenters. The van der Waals surface area contributed by atoms with Gasteiger partial charge in [0.1, 0.15) is 11.6 Å². The van der Waals surface area contributed by atoms with Gasteiger partial charge in [0.05, 0.1) is 0 Å². The summed E-state index contributed by atoms with van der Waals surface area (Å²) in [4.78, 5) is 0. The van der Waals surface area contributed by atoms with E-state index in [-0.39, 0.29) is 0 Å². The van der Waals surface area contributed by atoms with Crippen molar-refractivity contribution in [1.82, 2.24) is 5.43 Å². The van der Waals surface area contributed by atoms with E-state index < -0.39 is 11.6 Å². The van der Waals surface area contributed by atoms with Crippen LogP contribution in [0, 0.1) is 11.6 Å². The zero-order chi connectivity index (χ0) is 16.1. The SMILES string of the molecule is Fc1ccc(-c2ccc(CNNc3ccccc3)cc2)c(F)c1. The van der Waals surface area contributed by atoms with Crippen molar-refractivity contribution < 1.29 is 8.78 Å². The number of rotatable bonds is 5. The molecule has 0 saturated carbocycles. The van der Waals surface area contributed by atoms with Crippen molar-refractivity contribution in [3.05, 3.63) is 90.0 Å². The highest BCUT2D eigenvalue weighted by atomic mass is 19.1. The zero-order valence-corrected chi connectivity index (χ0v) is 12.4. The van der Waals surface area contributed by atoms with Gasteiger partial charge in [0.2, 0.25) is 0 Å². The third-order valence-corrected chi connectivity index (χ3v) is 3.50. The molecule has 0 spiro atoms. The van der Waals surface area contributed by atoms with E-state index in [2.05, 4.69) is 10.9 Å². The van der Waals surface area contributed by atoms with Crippen molar-refractivity contribution >= 4 is 5.69 Å². The summed E-state index contributed by atoms with van der Waals surface area (Å²) in [5, 5.41) is 0. The van der Waals surface area contributed by atoms with Gasteiger partial charge in [-0.25, -0.2) is 14.2 Å². The number of benzene rings is 3.